The molecule has 1 fully saturated rings. The van der Waals surface area contributed by atoms with Crippen molar-refractivity contribution in [2.24, 2.45) is 0 Å². The van der Waals surface area contributed by atoms with E-state index >= 15 is 0 Å². The van der Waals surface area contributed by atoms with Crippen LogP contribution in [-0.2, 0) is 9.53 Å². The van der Waals surface area contributed by atoms with Crippen molar-refractivity contribution in [2.75, 3.05) is 0 Å². The van der Waals surface area contributed by atoms with Crippen LogP contribution in [0.4, 0.5) is 0 Å². The lowest BCUT2D eigenvalue weighted by Gasteiger charge is -2.28. The quantitative estimate of drug-likeness (QED) is 0.352. The largest absolute Gasteiger partial charge is 0.491 e. The van der Waals surface area contributed by atoms with E-state index in [1.54, 1.807) is 0 Å². The second kappa shape index (κ2) is 7.65. The molecule has 4 nitrogen and oxygen atoms in total. The van der Waals surface area contributed by atoms with E-state index in [0.29, 0.717) is 5.76 Å². The van der Waals surface area contributed by atoms with E-state index in [2.05, 4.69) is 18.5 Å². The fourth-order valence-corrected chi connectivity index (χ4v) is 2.14. The van der Waals surface area contributed by atoms with Crippen molar-refractivity contribution in [3.05, 3.63) is 35.6 Å². The molecule has 5 heteroatoms. The molecule has 0 saturated heterocycles. The summed E-state index contributed by atoms with van der Waals surface area (Å²) in [5.41, 5.74) is 0.185. The second-order valence-corrected chi connectivity index (χ2v) is 4.83. The SMILES string of the molecule is C=C(/C=C(/Cl)C(=C)C#N)OC1CCC(NC=O)CC1. The molecule has 102 valence electrons. The first kappa shape index (κ1) is 15.3. The number of nitrogens with zero attached hydrogens (tertiary/aromatic N) is 1. The minimum absolute atomic E-state index is 0.0771. The Morgan fingerprint density at radius 3 is 2.53 bits per heavy atom. The van der Waals surface area contributed by atoms with Crippen LogP contribution >= 0.6 is 11.6 Å². The van der Waals surface area contributed by atoms with E-state index in [1.165, 1.54) is 6.08 Å². The summed E-state index contributed by atoms with van der Waals surface area (Å²) in [4.78, 5) is 10.3. The second-order valence-electron chi connectivity index (χ2n) is 4.42. The zero-order valence-corrected chi connectivity index (χ0v) is 11.4. The molecule has 1 rings (SSSR count). The van der Waals surface area contributed by atoms with Gasteiger partial charge in [0, 0.05) is 6.04 Å². The number of nitrogens with one attached hydrogen (secondary N) is 1. The fraction of sp³-hybridized carbons (Fsp3) is 0.429. The molecule has 0 aromatic rings. The van der Waals surface area contributed by atoms with Gasteiger partial charge < -0.3 is 10.1 Å². The summed E-state index contributed by atoms with van der Waals surface area (Å²) in [5.74, 6) is 0.424. The average molecular weight is 281 g/mol. The highest BCUT2D eigenvalue weighted by atomic mass is 35.5. The van der Waals surface area contributed by atoms with Gasteiger partial charge in [-0.15, -0.1) is 0 Å². The number of rotatable bonds is 6. The molecule has 1 amide bonds. The Bertz CT molecular complexity index is 429. The molecule has 0 bridgehead atoms. The number of halogens is 1. The molecule has 0 radical (unpaired) electrons. The molecule has 1 aliphatic carbocycles. The van der Waals surface area contributed by atoms with Crippen molar-refractivity contribution >= 4 is 18.0 Å². The highest BCUT2D eigenvalue weighted by Gasteiger charge is 2.21. The van der Waals surface area contributed by atoms with E-state index < -0.39 is 0 Å². The average Bonchev–Trinajstić information content (AvgIpc) is 2.40. The Morgan fingerprint density at radius 1 is 1.37 bits per heavy atom. The number of carbonyl (C=O) groups excluding carboxylic acids is 1. The minimum atomic E-state index is 0.0771. The summed E-state index contributed by atoms with van der Waals surface area (Å²) in [6, 6.07) is 2.10. The van der Waals surface area contributed by atoms with Gasteiger partial charge in [-0.05, 0) is 31.8 Å². The van der Waals surface area contributed by atoms with E-state index in [1.807, 2.05) is 6.07 Å². The third kappa shape index (κ3) is 5.19. The smallest absolute Gasteiger partial charge is 0.207 e. The summed E-state index contributed by atoms with van der Waals surface area (Å²) in [6.45, 7) is 7.26. The van der Waals surface area contributed by atoms with Gasteiger partial charge in [-0.3, -0.25) is 4.79 Å². The van der Waals surface area contributed by atoms with Crippen molar-refractivity contribution in [3.63, 3.8) is 0 Å². The molecule has 19 heavy (non-hydrogen) atoms. The monoisotopic (exact) mass is 280 g/mol. The summed E-state index contributed by atoms with van der Waals surface area (Å²) >= 11 is 5.86. The van der Waals surface area contributed by atoms with Gasteiger partial charge in [-0.1, -0.05) is 24.8 Å². The topological polar surface area (TPSA) is 62.1 Å². The minimum Gasteiger partial charge on any atom is -0.491 e. The zero-order valence-electron chi connectivity index (χ0n) is 10.7. The lowest BCUT2D eigenvalue weighted by Crippen LogP contribution is -2.34. The molecule has 0 heterocycles. The molecule has 0 unspecified atom stereocenters. The maximum atomic E-state index is 10.3. The molecule has 0 aromatic carbocycles. The van der Waals surface area contributed by atoms with E-state index in [-0.39, 0.29) is 22.8 Å². The van der Waals surface area contributed by atoms with E-state index in [0.717, 1.165) is 32.1 Å². The molecule has 0 aliphatic heterocycles. The molecule has 0 aromatic heterocycles. The summed E-state index contributed by atoms with van der Waals surface area (Å²) in [7, 11) is 0. The van der Waals surface area contributed by atoms with Crippen LogP contribution in [-0.4, -0.2) is 18.6 Å². The molecule has 1 aliphatic rings. The van der Waals surface area contributed by atoms with Crippen LogP contribution in [0.3, 0.4) is 0 Å². The fourth-order valence-electron chi connectivity index (χ4n) is 1.97. The molecule has 0 spiro atoms. The van der Waals surface area contributed by atoms with Gasteiger partial charge in [0.15, 0.2) is 0 Å². The molecular formula is C14H17ClN2O2. The molecule has 1 N–H and O–H groups in total. The lowest BCUT2D eigenvalue weighted by atomic mass is 9.93. The van der Waals surface area contributed by atoms with Crippen molar-refractivity contribution in [3.8, 4) is 6.07 Å². The third-order valence-corrected chi connectivity index (χ3v) is 3.34. The summed E-state index contributed by atoms with van der Waals surface area (Å²) < 4.78 is 5.66. The van der Waals surface area contributed by atoms with Gasteiger partial charge in [-0.2, -0.15) is 5.26 Å². The van der Waals surface area contributed by atoms with Crippen LogP contribution < -0.4 is 5.32 Å². The van der Waals surface area contributed by atoms with Crippen molar-refractivity contribution in [2.45, 2.75) is 37.8 Å². The number of hydrogen-bond donors (Lipinski definition) is 1. The van der Waals surface area contributed by atoms with Crippen LogP contribution in [0.2, 0.25) is 0 Å². The van der Waals surface area contributed by atoms with Gasteiger partial charge in [0.2, 0.25) is 6.41 Å². The number of carbonyl (C=O) groups is 1. The summed E-state index contributed by atoms with van der Waals surface area (Å²) in [5, 5.41) is 11.7. The van der Waals surface area contributed by atoms with Gasteiger partial charge in [0.25, 0.3) is 0 Å². The van der Waals surface area contributed by atoms with Gasteiger partial charge in [-0.25, -0.2) is 0 Å². The standard InChI is InChI=1S/C14H17ClN2O2/c1-10(8-16)14(15)7-11(2)19-13-5-3-12(4-6-13)17-9-18/h7,9,12-13H,1-6H2,(H,17,18)/b14-7+. The highest BCUT2D eigenvalue weighted by Crippen LogP contribution is 2.24. The summed E-state index contributed by atoms with van der Waals surface area (Å²) in [6.07, 6.45) is 5.81. The van der Waals surface area contributed by atoms with Crippen LogP contribution in [0.15, 0.2) is 35.6 Å². The van der Waals surface area contributed by atoms with Crippen molar-refractivity contribution in [1.29, 1.82) is 5.26 Å². The predicted octanol–water partition coefficient (Wildman–Crippen LogP) is 2.78. The Morgan fingerprint density at radius 2 is 2.00 bits per heavy atom. The molecular weight excluding hydrogens is 264 g/mol. The molecule has 1 saturated carbocycles. The van der Waals surface area contributed by atoms with Crippen molar-refractivity contribution in [1.82, 2.24) is 5.32 Å². The lowest BCUT2D eigenvalue weighted by molar-refractivity contribution is -0.110. The first-order chi connectivity index (χ1) is 9.06. The first-order valence-electron chi connectivity index (χ1n) is 6.08. The highest BCUT2D eigenvalue weighted by molar-refractivity contribution is 6.32. The van der Waals surface area contributed by atoms with Crippen LogP contribution in [0.25, 0.3) is 0 Å². The predicted molar refractivity (Wildman–Crippen MR) is 74.2 cm³/mol. The van der Waals surface area contributed by atoms with Crippen LogP contribution in [0.5, 0.6) is 0 Å². The van der Waals surface area contributed by atoms with Gasteiger partial charge in [0.05, 0.1) is 16.7 Å². The van der Waals surface area contributed by atoms with Crippen LogP contribution in [0, 0.1) is 11.3 Å². The third-order valence-electron chi connectivity index (χ3n) is 3.01. The zero-order chi connectivity index (χ0) is 14.3. The Hall–Kier alpha value is -1.73. The molecule has 0 atom stereocenters. The number of ether oxygens (including phenoxy) is 1. The normalized spacial score (nSPS) is 23.1. The van der Waals surface area contributed by atoms with Gasteiger partial charge in [0.1, 0.15) is 11.8 Å². The maximum Gasteiger partial charge on any atom is 0.207 e. The number of nitriles is 1. The van der Waals surface area contributed by atoms with E-state index in [4.69, 9.17) is 21.6 Å². The number of amides is 1. The maximum absolute atomic E-state index is 10.3. The number of hydrogen-bond acceptors (Lipinski definition) is 3. The Kier molecular flexibility index (Phi) is 6.17. The Balaban J connectivity index is 2.41. The number of allylic oxidation sites excluding steroid dienone is 3. The van der Waals surface area contributed by atoms with Crippen LogP contribution in [0.1, 0.15) is 25.7 Å². The Labute approximate surface area is 118 Å². The van der Waals surface area contributed by atoms with Gasteiger partial charge >= 0.3 is 0 Å². The van der Waals surface area contributed by atoms with Crippen molar-refractivity contribution < 1.29 is 9.53 Å². The van der Waals surface area contributed by atoms with E-state index in [9.17, 15) is 4.79 Å². The first-order valence-corrected chi connectivity index (χ1v) is 6.46.